The number of benzene rings is 2. The largest absolute Gasteiger partial charge is 0.508 e. The fraction of sp³-hybridized carbons (Fsp3) is 0.368. The molecule has 1 aliphatic rings. The number of aliphatic hydroxyl groups excluding tert-OH is 1. The van der Waals surface area contributed by atoms with Crippen molar-refractivity contribution in [1.29, 1.82) is 0 Å². The zero-order valence-corrected chi connectivity index (χ0v) is 16.7. The molecule has 0 radical (unpaired) electrons. The Bertz CT molecular complexity index is 719. The van der Waals surface area contributed by atoms with E-state index in [1.807, 2.05) is 35.7 Å². The van der Waals surface area contributed by atoms with Crippen LogP contribution in [-0.4, -0.2) is 39.5 Å². The van der Waals surface area contributed by atoms with Crippen LogP contribution in [0.1, 0.15) is 17.5 Å². The second-order valence-electron chi connectivity index (χ2n) is 6.23. The highest BCUT2D eigenvalue weighted by atomic mass is 32.3. The summed E-state index contributed by atoms with van der Waals surface area (Å²) in [5.41, 5.74) is 2.54. The number of aromatic hydroxyl groups is 1. The van der Waals surface area contributed by atoms with Crippen molar-refractivity contribution in [2.24, 2.45) is 0 Å². The molecule has 2 N–H and O–H groups in total. The van der Waals surface area contributed by atoms with Crippen LogP contribution in [0.3, 0.4) is 0 Å². The number of fused-ring (bicyclic) bond motifs is 1. The van der Waals surface area contributed by atoms with Crippen LogP contribution in [0, 0.1) is 0 Å². The Labute approximate surface area is 154 Å². The van der Waals surface area contributed by atoms with Gasteiger partial charge in [-0.05, 0) is 59.4 Å². The van der Waals surface area contributed by atoms with E-state index in [0.717, 1.165) is 6.42 Å². The number of thioether (sulfide) groups is 2. The van der Waals surface area contributed by atoms with Crippen LogP contribution in [0.5, 0.6) is 5.75 Å². The molecule has 1 aliphatic heterocycles. The Balaban J connectivity index is 2.27. The first-order valence-corrected chi connectivity index (χ1v) is 12.6. The minimum atomic E-state index is -1.27. The van der Waals surface area contributed by atoms with Crippen LogP contribution in [0.2, 0.25) is 0 Å². The molecule has 3 rings (SSSR count). The maximum atomic E-state index is 10.2. The van der Waals surface area contributed by atoms with Gasteiger partial charge in [0.25, 0.3) is 0 Å². The van der Waals surface area contributed by atoms with Gasteiger partial charge in [-0.15, -0.1) is 11.8 Å². The van der Waals surface area contributed by atoms with E-state index >= 15 is 0 Å². The second kappa shape index (κ2) is 6.87. The minimum absolute atomic E-state index is 0.139. The first kappa shape index (κ1) is 18.1. The summed E-state index contributed by atoms with van der Waals surface area (Å²) in [4.78, 5) is 1.32. The molecule has 2 aromatic rings. The summed E-state index contributed by atoms with van der Waals surface area (Å²) in [5, 5.41) is 19.9. The fourth-order valence-corrected chi connectivity index (χ4v) is 9.97. The molecule has 0 saturated heterocycles. The molecule has 0 amide bonds. The second-order valence-corrected chi connectivity index (χ2v) is 12.3. The van der Waals surface area contributed by atoms with Crippen molar-refractivity contribution >= 4 is 33.6 Å². The lowest BCUT2D eigenvalue weighted by atomic mass is 9.87. The van der Waals surface area contributed by atoms with Crippen molar-refractivity contribution < 1.29 is 10.2 Å². The van der Waals surface area contributed by atoms with Gasteiger partial charge in [-0.3, -0.25) is 0 Å². The number of phenolic OH excluding ortho intramolecular Hbond substituents is 1. The van der Waals surface area contributed by atoms with Gasteiger partial charge in [0.2, 0.25) is 0 Å². The molecule has 0 bridgehead atoms. The van der Waals surface area contributed by atoms with Crippen molar-refractivity contribution in [3.63, 3.8) is 0 Å². The number of aliphatic hydroxyl groups is 1. The molecule has 2 aromatic carbocycles. The van der Waals surface area contributed by atoms with Gasteiger partial charge >= 0.3 is 0 Å². The molecular formula is C19H24O2S3. The third-order valence-corrected chi connectivity index (χ3v) is 12.2. The van der Waals surface area contributed by atoms with Gasteiger partial charge in [-0.1, -0.05) is 30.3 Å². The summed E-state index contributed by atoms with van der Waals surface area (Å²) in [7, 11) is -1.27. The quantitative estimate of drug-likeness (QED) is 0.797. The summed E-state index contributed by atoms with van der Waals surface area (Å²) < 4.78 is 0.262. The monoisotopic (exact) mass is 380 g/mol. The Morgan fingerprint density at radius 1 is 1.12 bits per heavy atom. The van der Waals surface area contributed by atoms with Gasteiger partial charge in [0.05, 0.1) is 10.7 Å². The van der Waals surface area contributed by atoms with E-state index in [2.05, 4.69) is 43.0 Å². The number of rotatable bonds is 4. The average molecular weight is 381 g/mol. The van der Waals surface area contributed by atoms with Crippen LogP contribution in [-0.2, 0) is 4.75 Å². The molecule has 0 aromatic heterocycles. The lowest BCUT2D eigenvalue weighted by molar-refractivity contribution is 0.369. The summed E-state index contributed by atoms with van der Waals surface area (Å²) >= 11 is 3.73. The van der Waals surface area contributed by atoms with E-state index < -0.39 is 10.0 Å². The highest BCUT2D eigenvalue weighted by Crippen LogP contribution is 2.69. The third-order valence-electron chi connectivity index (χ3n) is 5.07. The predicted octanol–water partition coefficient (Wildman–Crippen LogP) is 4.83. The van der Waals surface area contributed by atoms with E-state index in [0.29, 0.717) is 10.3 Å². The molecule has 1 heterocycles. The maximum Gasteiger partial charge on any atom is 0.115 e. The first-order valence-electron chi connectivity index (χ1n) is 7.84. The topological polar surface area (TPSA) is 40.5 Å². The molecule has 0 aliphatic carbocycles. The van der Waals surface area contributed by atoms with E-state index in [4.69, 9.17) is 0 Å². The molecule has 130 valence electrons. The van der Waals surface area contributed by atoms with E-state index in [-0.39, 0.29) is 10.7 Å². The summed E-state index contributed by atoms with van der Waals surface area (Å²) in [5.74, 6) is 0.529. The fourth-order valence-electron chi connectivity index (χ4n) is 3.64. The minimum Gasteiger partial charge on any atom is -0.508 e. The van der Waals surface area contributed by atoms with Crippen molar-refractivity contribution in [3.8, 4) is 5.75 Å². The van der Waals surface area contributed by atoms with Crippen LogP contribution in [0.15, 0.2) is 53.4 Å². The zero-order valence-electron chi connectivity index (χ0n) is 14.2. The SMILES string of the molecule is CSC1CC(SC)(c2ccc(O)cc2)c2ccccc2S1(C)CO. The average Bonchev–Trinajstić information content (AvgIpc) is 2.63. The van der Waals surface area contributed by atoms with Gasteiger partial charge in [0.1, 0.15) is 5.75 Å². The molecule has 5 heteroatoms. The molecule has 0 spiro atoms. The molecule has 2 nitrogen and oxygen atoms in total. The molecule has 3 atom stereocenters. The van der Waals surface area contributed by atoms with E-state index in [9.17, 15) is 10.2 Å². The van der Waals surface area contributed by atoms with Crippen molar-refractivity contribution in [1.82, 2.24) is 0 Å². The summed E-state index contributed by atoms with van der Waals surface area (Å²) in [6.45, 7) is 0. The lowest BCUT2D eigenvalue weighted by Gasteiger charge is -2.53. The van der Waals surface area contributed by atoms with Crippen LogP contribution >= 0.6 is 33.6 Å². The summed E-state index contributed by atoms with van der Waals surface area (Å²) in [6, 6.07) is 16.2. The van der Waals surface area contributed by atoms with Gasteiger partial charge in [0.15, 0.2) is 0 Å². The van der Waals surface area contributed by atoms with Gasteiger partial charge < -0.3 is 10.2 Å². The Kier molecular flexibility index (Phi) is 5.17. The molecule has 0 fully saturated rings. The number of hydrogen-bond acceptors (Lipinski definition) is 4. The number of phenols is 1. The normalized spacial score (nSPS) is 31.9. The van der Waals surface area contributed by atoms with Crippen LogP contribution < -0.4 is 0 Å². The Morgan fingerprint density at radius 3 is 2.38 bits per heavy atom. The smallest absolute Gasteiger partial charge is 0.115 e. The van der Waals surface area contributed by atoms with Gasteiger partial charge in [-0.25, -0.2) is 0 Å². The third kappa shape index (κ3) is 2.66. The van der Waals surface area contributed by atoms with Crippen LogP contribution in [0.25, 0.3) is 0 Å². The van der Waals surface area contributed by atoms with Crippen molar-refractivity contribution in [2.75, 3.05) is 24.7 Å². The summed E-state index contributed by atoms with van der Waals surface area (Å²) in [6.07, 6.45) is 7.57. The Morgan fingerprint density at radius 2 is 1.79 bits per heavy atom. The number of hydrogen-bond donors (Lipinski definition) is 2. The molecule has 24 heavy (non-hydrogen) atoms. The molecular weight excluding hydrogens is 356 g/mol. The maximum absolute atomic E-state index is 10.2. The van der Waals surface area contributed by atoms with Crippen LogP contribution in [0.4, 0.5) is 0 Å². The standard InChI is InChI=1S/C19H24O2S3/c1-22-18-12-19(23-2,14-8-10-15(21)11-9-14)16-6-4-5-7-17(16)24(18,3)13-20/h4-11,18,20-21H,12-13H2,1-3H3. The molecule has 0 saturated carbocycles. The Hall–Kier alpha value is -0.750. The first-order chi connectivity index (χ1) is 11.5. The van der Waals surface area contributed by atoms with Crippen molar-refractivity contribution in [2.45, 2.75) is 20.6 Å². The lowest BCUT2D eigenvalue weighted by Crippen LogP contribution is -2.37. The van der Waals surface area contributed by atoms with Gasteiger partial charge in [-0.2, -0.15) is 21.8 Å². The van der Waals surface area contributed by atoms with E-state index in [1.165, 1.54) is 16.0 Å². The highest BCUT2D eigenvalue weighted by Gasteiger charge is 2.48. The van der Waals surface area contributed by atoms with Crippen molar-refractivity contribution in [3.05, 3.63) is 59.7 Å². The molecule has 3 unspecified atom stereocenters. The van der Waals surface area contributed by atoms with E-state index in [1.54, 1.807) is 12.1 Å². The predicted molar refractivity (Wildman–Crippen MR) is 110 cm³/mol. The zero-order chi connectivity index (χ0) is 17.4. The highest BCUT2D eigenvalue weighted by molar-refractivity contribution is 8.39. The van der Waals surface area contributed by atoms with Gasteiger partial charge in [0, 0.05) is 4.58 Å².